The van der Waals surface area contributed by atoms with Gasteiger partial charge in [0.05, 0.1) is 5.56 Å². The summed E-state index contributed by atoms with van der Waals surface area (Å²) in [7, 11) is 0. The van der Waals surface area contributed by atoms with Crippen LogP contribution in [0.3, 0.4) is 0 Å². The standard InChI is InChI=1S/C12H14Cl2N2O2/c13-10-4-3-9(11(14)15-10)12(18)16-5-1-2-8(6-16)7-17/h3-4,8,17H,1-2,5-7H2. The number of likely N-dealkylation sites (tertiary alicyclic amines) is 1. The molecular formula is C12H14Cl2N2O2. The molecule has 0 spiro atoms. The van der Waals surface area contributed by atoms with Crippen LogP contribution in [-0.2, 0) is 0 Å². The molecule has 0 radical (unpaired) electrons. The van der Waals surface area contributed by atoms with Gasteiger partial charge in [-0.25, -0.2) is 4.98 Å². The number of halogens is 2. The number of pyridine rings is 1. The number of carbonyl (C=O) groups excluding carboxylic acids is 1. The van der Waals surface area contributed by atoms with Gasteiger partial charge < -0.3 is 10.0 Å². The fourth-order valence-electron chi connectivity index (χ4n) is 2.14. The Morgan fingerprint density at radius 1 is 1.50 bits per heavy atom. The number of piperidine rings is 1. The second-order valence-electron chi connectivity index (χ2n) is 4.41. The molecule has 1 unspecified atom stereocenters. The van der Waals surface area contributed by atoms with Crippen molar-refractivity contribution >= 4 is 29.1 Å². The van der Waals surface area contributed by atoms with Crippen molar-refractivity contribution in [2.75, 3.05) is 19.7 Å². The Bertz CT molecular complexity index is 454. The molecule has 1 N–H and O–H groups in total. The topological polar surface area (TPSA) is 53.4 Å². The van der Waals surface area contributed by atoms with Crippen LogP contribution in [0.15, 0.2) is 12.1 Å². The number of aliphatic hydroxyl groups is 1. The monoisotopic (exact) mass is 288 g/mol. The smallest absolute Gasteiger partial charge is 0.256 e. The summed E-state index contributed by atoms with van der Waals surface area (Å²) in [5.74, 6) is 0.00375. The van der Waals surface area contributed by atoms with Gasteiger partial charge in [0.1, 0.15) is 10.3 Å². The number of hydrogen-bond acceptors (Lipinski definition) is 3. The molecule has 1 amide bonds. The summed E-state index contributed by atoms with van der Waals surface area (Å²) in [6.07, 6.45) is 1.85. The minimum Gasteiger partial charge on any atom is -0.396 e. The molecule has 1 saturated heterocycles. The van der Waals surface area contributed by atoms with E-state index in [-0.39, 0.29) is 28.7 Å². The lowest BCUT2D eigenvalue weighted by Crippen LogP contribution is -2.41. The molecular weight excluding hydrogens is 275 g/mol. The Morgan fingerprint density at radius 3 is 2.94 bits per heavy atom. The first-order valence-electron chi connectivity index (χ1n) is 5.84. The molecule has 1 aromatic rings. The van der Waals surface area contributed by atoms with Crippen molar-refractivity contribution in [1.82, 2.24) is 9.88 Å². The molecule has 2 heterocycles. The van der Waals surface area contributed by atoms with Crippen molar-refractivity contribution in [2.24, 2.45) is 5.92 Å². The third-order valence-corrected chi connectivity index (χ3v) is 3.61. The number of amides is 1. The quantitative estimate of drug-likeness (QED) is 0.849. The first-order valence-corrected chi connectivity index (χ1v) is 6.59. The zero-order chi connectivity index (χ0) is 13.1. The molecule has 98 valence electrons. The highest BCUT2D eigenvalue weighted by Crippen LogP contribution is 2.22. The predicted molar refractivity (Wildman–Crippen MR) is 70.0 cm³/mol. The summed E-state index contributed by atoms with van der Waals surface area (Å²) in [6.45, 7) is 1.36. The zero-order valence-corrected chi connectivity index (χ0v) is 11.3. The van der Waals surface area contributed by atoms with Crippen molar-refractivity contribution in [1.29, 1.82) is 0 Å². The molecule has 0 aromatic carbocycles. The summed E-state index contributed by atoms with van der Waals surface area (Å²) >= 11 is 11.6. The Labute approximate surface area is 116 Å². The lowest BCUT2D eigenvalue weighted by atomic mass is 9.98. The van der Waals surface area contributed by atoms with E-state index >= 15 is 0 Å². The Kier molecular flexibility index (Phi) is 4.43. The van der Waals surface area contributed by atoms with Crippen LogP contribution in [0, 0.1) is 5.92 Å². The minimum absolute atomic E-state index is 0.108. The summed E-state index contributed by atoms with van der Waals surface area (Å²) in [4.78, 5) is 17.8. The third-order valence-electron chi connectivity index (χ3n) is 3.11. The van der Waals surface area contributed by atoms with E-state index < -0.39 is 0 Å². The average molecular weight is 289 g/mol. The second kappa shape index (κ2) is 5.87. The molecule has 18 heavy (non-hydrogen) atoms. The van der Waals surface area contributed by atoms with Gasteiger partial charge >= 0.3 is 0 Å². The van der Waals surface area contributed by atoms with Gasteiger partial charge in [-0.1, -0.05) is 23.2 Å². The first-order chi connectivity index (χ1) is 8.61. The highest BCUT2D eigenvalue weighted by atomic mass is 35.5. The van der Waals surface area contributed by atoms with Crippen LogP contribution in [0.5, 0.6) is 0 Å². The van der Waals surface area contributed by atoms with E-state index in [1.165, 1.54) is 0 Å². The van der Waals surface area contributed by atoms with E-state index in [0.29, 0.717) is 18.7 Å². The van der Waals surface area contributed by atoms with Crippen molar-refractivity contribution in [3.8, 4) is 0 Å². The number of hydrogen-bond donors (Lipinski definition) is 1. The number of aliphatic hydroxyl groups excluding tert-OH is 1. The maximum absolute atomic E-state index is 12.3. The first kappa shape index (κ1) is 13.6. The van der Waals surface area contributed by atoms with Crippen LogP contribution < -0.4 is 0 Å². The lowest BCUT2D eigenvalue weighted by molar-refractivity contribution is 0.0620. The fraction of sp³-hybridized carbons (Fsp3) is 0.500. The van der Waals surface area contributed by atoms with Crippen molar-refractivity contribution in [2.45, 2.75) is 12.8 Å². The van der Waals surface area contributed by atoms with E-state index in [4.69, 9.17) is 28.3 Å². The largest absolute Gasteiger partial charge is 0.396 e. The summed E-state index contributed by atoms with van der Waals surface area (Å²) in [5, 5.41) is 9.55. The molecule has 1 aliphatic heterocycles. The molecule has 1 aliphatic rings. The van der Waals surface area contributed by atoms with Crippen molar-refractivity contribution in [3.63, 3.8) is 0 Å². The predicted octanol–water partition coefficient (Wildman–Crippen LogP) is 2.23. The van der Waals surface area contributed by atoms with Crippen molar-refractivity contribution < 1.29 is 9.90 Å². The minimum atomic E-state index is -0.151. The van der Waals surface area contributed by atoms with Crippen molar-refractivity contribution in [3.05, 3.63) is 28.0 Å². The molecule has 1 fully saturated rings. The molecule has 0 saturated carbocycles. The van der Waals surface area contributed by atoms with E-state index in [9.17, 15) is 4.79 Å². The van der Waals surface area contributed by atoms with Gasteiger partial charge in [0.25, 0.3) is 5.91 Å². The fourth-order valence-corrected chi connectivity index (χ4v) is 2.57. The van der Waals surface area contributed by atoms with E-state index in [2.05, 4.69) is 4.98 Å². The van der Waals surface area contributed by atoms with Gasteiger partial charge in [-0.3, -0.25) is 4.79 Å². The number of carbonyl (C=O) groups is 1. The maximum Gasteiger partial charge on any atom is 0.256 e. The van der Waals surface area contributed by atoms with Crippen LogP contribution in [0.2, 0.25) is 10.3 Å². The molecule has 0 aliphatic carbocycles. The van der Waals surface area contributed by atoms with Gasteiger partial charge in [0.2, 0.25) is 0 Å². The zero-order valence-electron chi connectivity index (χ0n) is 9.77. The van der Waals surface area contributed by atoms with Crippen LogP contribution >= 0.6 is 23.2 Å². The van der Waals surface area contributed by atoms with Gasteiger partial charge in [0.15, 0.2) is 0 Å². The molecule has 0 bridgehead atoms. The Balaban J connectivity index is 2.15. The van der Waals surface area contributed by atoms with E-state index in [1.54, 1.807) is 17.0 Å². The lowest BCUT2D eigenvalue weighted by Gasteiger charge is -2.32. The van der Waals surface area contributed by atoms with Crippen LogP contribution in [0.1, 0.15) is 23.2 Å². The maximum atomic E-state index is 12.3. The van der Waals surface area contributed by atoms with Crippen LogP contribution in [-0.4, -0.2) is 40.6 Å². The molecule has 1 atom stereocenters. The van der Waals surface area contributed by atoms with Gasteiger partial charge in [0, 0.05) is 19.7 Å². The highest BCUT2D eigenvalue weighted by molar-refractivity contribution is 6.34. The summed E-state index contributed by atoms with van der Waals surface area (Å²) in [6, 6.07) is 3.14. The SMILES string of the molecule is O=C(c1ccc(Cl)nc1Cl)N1CCCC(CO)C1. The van der Waals surface area contributed by atoms with Gasteiger partial charge in [-0.05, 0) is 30.9 Å². The van der Waals surface area contributed by atoms with E-state index in [1.807, 2.05) is 0 Å². The van der Waals surface area contributed by atoms with Crippen LogP contribution in [0.4, 0.5) is 0 Å². The molecule has 2 rings (SSSR count). The number of nitrogens with zero attached hydrogens (tertiary/aromatic N) is 2. The molecule has 4 nitrogen and oxygen atoms in total. The van der Waals surface area contributed by atoms with Crippen LogP contribution in [0.25, 0.3) is 0 Å². The van der Waals surface area contributed by atoms with Gasteiger partial charge in [-0.2, -0.15) is 0 Å². The number of aromatic nitrogens is 1. The average Bonchev–Trinajstić information content (AvgIpc) is 2.38. The number of rotatable bonds is 2. The van der Waals surface area contributed by atoms with Gasteiger partial charge in [-0.15, -0.1) is 0 Å². The third kappa shape index (κ3) is 2.94. The normalized spacial score (nSPS) is 19.9. The molecule has 6 heteroatoms. The summed E-state index contributed by atoms with van der Waals surface area (Å²) < 4.78 is 0. The Morgan fingerprint density at radius 2 is 2.28 bits per heavy atom. The molecule has 1 aromatic heterocycles. The summed E-state index contributed by atoms with van der Waals surface area (Å²) in [5.41, 5.74) is 0.361. The van der Waals surface area contributed by atoms with E-state index in [0.717, 1.165) is 12.8 Å². The highest BCUT2D eigenvalue weighted by Gasteiger charge is 2.25. The Hall–Kier alpha value is -0.840. The second-order valence-corrected chi connectivity index (χ2v) is 5.16.